The molecule has 68 valence electrons. The summed E-state index contributed by atoms with van der Waals surface area (Å²) in [6.07, 6.45) is 0. The fraction of sp³-hybridized carbons (Fsp3) is 1.00. The highest BCUT2D eigenvalue weighted by Crippen LogP contribution is 1.78. The number of ether oxygens (including phenoxy) is 2. The molecule has 0 saturated heterocycles. The topological polar surface area (TPSA) is 30.5 Å². The highest BCUT2D eigenvalue weighted by atomic mass is 16.7. The minimum atomic E-state index is 0.413. The Morgan fingerprint density at radius 2 is 2.00 bits per heavy atom. The molecule has 0 radical (unpaired) electrons. The Morgan fingerprint density at radius 3 is 2.55 bits per heavy atom. The van der Waals surface area contributed by atoms with Crippen LogP contribution >= 0.6 is 0 Å². The van der Waals surface area contributed by atoms with Crippen LogP contribution in [0.4, 0.5) is 0 Å². The van der Waals surface area contributed by atoms with Crippen LogP contribution in [0, 0.1) is 0 Å². The van der Waals surface area contributed by atoms with Gasteiger partial charge in [0.15, 0.2) is 0 Å². The summed E-state index contributed by atoms with van der Waals surface area (Å²) in [4.78, 5) is 0. The van der Waals surface area contributed by atoms with Gasteiger partial charge in [-0.1, -0.05) is 13.8 Å². The predicted molar refractivity (Wildman–Crippen MR) is 45.6 cm³/mol. The minimum Gasteiger partial charge on any atom is -0.356 e. The Balaban J connectivity index is 2.80. The Morgan fingerprint density at radius 1 is 1.27 bits per heavy atom. The van der Waals surface area contributed by atoms with Crippen molar-refractivity contribution in [2.75, 3.05) is 26.6 Å². The molecule has 0 aromatic rings. The SMILES string of the molecule is CCOCOCCNC(C)C. The van der Waals surface area contributed by atoms with Crippen LogP contribution in [-0.4, -0.2) is 32.6 Å². The normalized spacial score (nSPS) is 10.9. The lowest BCUT2D eigenvalue weighted by molar-refractivity contribution is -0.0481. The molecule has 0 fully saturated rings. The molecule has 0 rings (SSSR count). The first kappa shape index (κ1) is 10.9. The zero-order valence-corrected chi connectivity index (χ0v) is 7.72. The molecule has 0 atom stereocenters. The molecule has 1 N–H and O–H groups in total. The van der Waals surface area contributed by atoms with Crippen molar-refractivity contribution in [2.24, 2.45) is 0 Å². The third kappa shape index (κ3) is 9.88. The molecule has 0 aromatic carbocycles. The van der Waals surface area contributed by atoms with Gasteiger partial charge in [0.05, 0.1) is 6.61 Å². The molecule has 3 heteroatoms. The maximum Gasteiger partial charge on any atom is 0.146 e. The van der Waals surface area contributed by atoms with Gasteiger partial charge in [-0.25, -0.2) is 0 Å². The first-order valence-corrected chi connectivity index (χ1v) is 4.16. The van der Waals surface area contributed by atoms with E-state index >= 15 is 0 Å². The van der Waals surface area contributed by atoms with Crippen LogP contribution < -0.4 is 5.32 Å². The molecule has 0 bridgehead atoms. The number of hydrogen-bond donors (Lipinski definition) is 1. The summed E-state index contributed by atoms with van der Waals surface area (Å²) in [5.74, 6) is 0. The van der Waals surface area contributed by atoms with Crippen LogP contribution in [0.15, 0.2) is 0 Å². The minimum absolute atomic E-state index is 0.413. The van der Waals surface area contributed by atoms with Gasteiger partial charge in [-0.15, -0.1) is 0 Å². The number of rotatable bonds is 7. The Bertz CT molecular complexity index is 76.5. The van der Waals surface area contributed by atoms with Crippen LogP contribution in [0.5, 0.6) is 0 Å². The summed E-state index contributed by atoms with van der Waals surface area (Å²) >= 11 is 0. The monoisotopic (exact) mass is 161 g/mol. The van der Waals surface area contributed by atoms with Crippen molar-refractivity contribution in [1.29, 1.82) is 0 Å². The standard InChI is InChI=1S/C8H19NO2/c1-4-10-7-11-6-5-9-8(2)3/h8-9H,4-7H2,1-3H3. The van der Waals surface area contributed by atoms with Crippen LogP contribution in [0.2, 0.25) is 0 Å². The molecule has 0 spiro atoms. The molecule has 0 aliphatic heterocycles. The summed E-state index contributed by atoms with van der Waals surface area (Å²) in [6.45, 7) is 8.93. The van der Waals surface area contributed by atoms with Crippen molar-refractivity contribution in [1.82, 2.24) is 5.32 Å². The van der Waals surface area contributed by atoms with Crippen molar-refractivity contribution >= 4 is 0 Å². The Hall–Kier alpha value is -0.120. The smallest absolute Gasteiger partial charge is 0.146 e. The van der Waals surface area contributed by atoms with E-state index in [2.05, 4.69) is 19.2 Å². The van der Waals surface area contributed by atoms with Crippen LogP contribution in [0.3, 0.4) is 0 Å². The van der Waals surface area contributed by atoms with Crippen LogP contribution in [-0.2, 0) is 9.47 Å². The molecule has 11 heavy (non-hydrogen) atoms. The second kappa shape index (κ2) is 7.98. The highest BCUT2D eigenvalue weighted by molar-refractivity contribution is 4.50. The van der Waals surface area contributed by atoms with Gasteiger partial charge in [-0.3, -0.25) is 0 Å². The average molecular weight is 161 g/mol. The lowest BCUT2D eigenvalue weighted by Gasteiger charge is -2.07. The molecule has 0 heterocycles. The molecule has 0 aliphatic carbocycles. The van der Waals surface area contributed by atoms with E-state index in [1.54, 1.807) is 0 Å². The molecule has 3 nitrogen and oxygen atoms in total. The van der Waals surface area contributed by atoms with E-state index in [4.69, 9.17) is 9.47 Å². The predicted octanol–water partition coefficient (Wildman–Crippen LogP) is 0.995. The van der Waals surface area contributed by atoms with E-state index in [0.29, 0.717) is 12.8 Å². The van der Waals surface area contributed by atoms with Gasteiger partial charge in [0, 0.05) is 19.2 Å². The second-order valence-corrected chi connectivity index (χ2v) is 2.63. The van der Waals surface area contributed by atoms with Crippen molar-refractivity contribution in [2.45, 2.75) is 26.8 Å². The van der Waals surface area contributed by atoms with Gasteiger partial charge < -0.3 is 14.8 Å². The van der Waals surface area contributed by atoms with Crippen LogP contribution in [0.25, 0.3) is 0 Å². The lowest BCUT2D eigenvalue weighted by Crippen LogP contribution is -2.26. The van der Waals surface area contributed by atoms with E-state index in [1.165, 1.54) is 0 Å². The zero-order chi connectivity index (χ0) is 8.53. The molecule has 0 aromatic heterocycles. The van der Waals surface area contributed by atoms with Crippen molar-refractivity contribution in [3.05, 3.63) is 0 Å². The third-order valence-electron chi connectivity index (χ3n) is 1.17. The Labute approximate surface area is 69.1 Å². The van der Waals surface area contributed by atoms with E-state index in [9.17, 15) is 0 Å². The van der Waals surface area contributed by atoms with Gasteiger partial charge >= 0.3 is 0 Å². The first-order chi connectivity index (χ1) is 5.27. The third-order valence-corrected chi connectivity index (χ3v) is 1.17. The Kier molecular flexibility index (Phi) is 7.89. The molecule has 0 unspecified atom stereocenters. The summed E-state index contributed by atoms with van der Waals surface area (Å²) < 4.78 is 10.1. The molecular weight excluding hydrogens is 142 g/mol. The van der Waals surface area contributed by atoms with Gasteiger partial charge in [0.2, 0.25) is 0 Å². The number of nitrogens with one attached hydrogen (secondary N) is 1. The van der Waals surface area contributed by atoms with Gasteiger partial charge in [-0.2, -0.15) is 0 Å². The van der Waals surface area contributed by atoms with Crippen molar-refractivity contribution in [3.8, 4) is 0 Å². The summed E-state index contributed by atoms with van der Waals surface area (Å²) in [5, 5.41) is 3.24. The number of hydrogen-bond acceptors (Lipinski definition) is 3. The summed E-state index contributed by atoms with van der Waals surface area (Å²) in [5.41, 5.74) is 0. The largest absolute Gasteiger partial charge is 0.356 e. The van der Waals surface area contributed by atoms with E-state index in [0.717, 1.165) is 19.8 Å². The van der Waals surface area contributed by atoms with Gasteiger partial charge in [0.1, 0.15) is 6.79 Å². The summed E-state index contributed by atoms with van der Waals surface area (Å²) in [7, 11) is 0. The van der Waals surface area contributed by atoms with Crippen LogP contribution in [0.1, 0.15) is 20.8 Å². The molecule has 0 saturated carbocycles. The fourth-order valence-corrected chi connectivity index (χ4v) is 0.621. The van der Waals surface area contributed by atoms with Crippen molar-refractivity contribution < 1.29 is 9.47 Å². The van der Waals surface area contributed by atoms with Crippen molar-refractivity contribution in [3.63, 3.8) is 0 Å². The maximum absolute atomic E-state index is 5.14. The van der Waals surface area contributed by atoms with E-state index < -0.39 is 0 Å². The molecule has 0 amide bonds. The van der Waals surface area contributed by atoms with E-state index in [1.807, 2.05) is 6.92 Å². The second-order valence-electron chi connectivity index (χ2n) is 2.63. The highest BCUT2D eigenvalue weighted by Gasteiger charge is 1.90. The van der Waals surface area contributed by atoms with Gasteiger partial charge in [-0.05, 0) is 6.92 Å². The zero-order valence-electron chi connectivity index (χ0n) is 7.72. The fourth-order valence-electron chi connectivity index (χ4n) is 0.621. The van der Waals surface area contributed by atoms with Gasteiger partial charge in [0.25, 0.3) is 0 Å². The molecular formula is C8H19NO2. The average Bonchev–Trinajstić information content (AvgIpc) is 1.96. The van der Waals surface area contributed by atoms with E-state index in [-0.39, 0.29) is 0 Å². The lowest BCUT2D eigenvalue weighted by atomic mass is 10.4. The maximum atomic E-state index is 5.14. The molecule has 0 aliphatic rings. The first-order valence-electron chi connectivity index (χ1n) is 4.16. The summed E-state index contributed by atoms with van der Waals surface area (Å²) in [6, 6.07) is 0.533. The quantitative estimate of drug-likeness (QED) is 0.446.